The maximum atomic E-state index is 12.5. The Morgan fingerprint density at radius 2 is 2.13 bits per heavy atom. The predicted molar refractivity (Wildman–Crippen MR) is 83.8 cm³/mol. The first-order chi connectivity index (χ1) is 11.0. The summed E-state index contributed by atoms with van der Waals surface area (Å²) in [5, 5.41) is 11.3. The molecular formula is C14H9BrN4O4. The third-order valence-corrected chi connectivity index (χ3v) is 3.38. The number of hydrogen-bond donors (Lipinski definition) is 2. The number of aromatic nitrogens is 4. The van der Waals surface area contributed by atoms with Crippen molar-refractivity contribution in [1.82, 2.24) is 19.7 Å². The highest BCUT2D eigenvalue weighted by Gasteiger charge is 2.12. The molecule has 3 aromatic rings. The first-order valence-electron chi connectivity index (χ1n) is 6.33. The molecule has 3 heterocycles. The van der Waals surface area contributed by atoms with E-state index < -0.39 is 6.16 Å². The van der Waals surface area contributed by atoms with Crippen LogP contribution in [0.4, 0.5) is 4.79 Å². The molecule has 116 valence electrons. The van der Waals surface area contributed by atoms with Crippen molar-refractivity contribution in [3.63, 3.8) is 0 Å². The summed E-state index contributed by atoms with van der Waals surface area (Å²) in [7, 11) is 0. The normalized spacial score (nSPS) is 10.5. The van der Waals surface area contributed by atoms with Crippen molar-refractivity contribution in [3.05, 3.63) is 57.8 Å². The lowest BCUT2D eigenvalue weighted by molar-refractivity contribution is 0.144. The molecule has 3 aromatic heterocycles. The van der Waals surface area contributed by atoms with Crippen LogP contribution in [0.25, 0.3) is 16.9 Å². The highest BCUT2D eigenvalue weighted by Crippen LogP contribution is 2.19. The van der Waals surface area contributed by atoms with Crippen LogP contribution in [0.3, 0.4) is 0 Å². The van der Waals surface area contributed by atoms with Gasteiger partial charge in [-0.25, -0.2) is 14.5 Å². The molecule has 0 spiro atoms. The molecule has 0 aliphatic carbocycles. The van der Waals surface area contributed by atoms with Crippen molar-refractivity contribution >= 4 is 22.1 Å². The molecular weight excluding hydrogens is 368 g/mol. The minimum Gasteiger partial charge on any atom is -0.449 e. The van der Waals surface area contributed by atoms with E-state index in [1.807, 2.05) is 0 Å². The Labute approximate surface area is 137 Å². The number of carbonyl (C=O) groups is 1. The van der Waals surface area contributed by atoms with Gasteiger partial charge in [0.15, 0.2) is 11.6 Å². The number of halogens is 1. The average molecular weight is 377 g/mol. The van der Waals surface area contributed by atoms with Crippen molar-refractivity contribution in [2.45, 2.75) is 0 Å². The fourth-order valence-electron chi connectivity index (χ4n) is 1.97. The first-order valence-corrected chi connectivity index (χ1v) is 7.12. The van der Waals surface area contributed by atoms with E-state index in [1.165, 1.54) is 23.0 Å². The van der Waals surface area contributed by atoms with Gasteiger partial charge in [-0.1, -0.05) is 0 Å². The summed E-state index contributed by atoms with van der Waals surface area (Å²) in [6.45, 7) is 0. The summed E-state index contributed by atoms with van der Waals surface area (Å²) < 4.78 is 6.46. The van der Waals surface area contributed by atoms with Crippen LogP contribution in [0.1, 0.15) is 0 Å². The molecule has 8 nitrogen and oxygen atoms in total. The van der Waals surface area contributed by atoms with E-state index in [0.717, 1.165) is 4.47 Å². The molecule has 0 bridgehead atoms. The van der Waals surface area contributed by atoms with Gasteiger partial charge in [0.2, 0.25) is 0 Å². The van der Waals surface area contributed by atoms with Crippen molar-refractivity contribution in [1.29, 1.82) is 0 Å². The first kappa shape index (κ1) is 15.0. The smallest absolute Gasteiger partial charge is 0.449 e. The van der Waals surface area contributed by atoms with Gasteiger partial charge in [0, 0.05) is 28.6 Å². The number of nitrogens with zero attached hydrogens (tertiary/aromatic N) is 3. The number of aromatic amines is 1. The highest BCUT2D eigenvalue weighted by molar-refractivity contribution is 9.10. The van der Waals surface area contributed by atoms with Crippen molar-refractivity contribution < 1.29 is 14.6 Å². The van der Waals surface area contributed by atoms with Gasteiger partial charge in [-0.05, 0) is 34.1 Å². The molecule has 0 saturated heterocycles. The number of ether oxygens (including phenoxy) is 1. The van der Waals surface area contributed by atoms with E-state index in [-0.39, 0.29) is 11.3 Å². The largest absolute Gasteiger partial charge is 0.511 e. The molecule has 2 N–H and O–H groups in total. The molecule has 0 unspecified atom stereocenters. The number of carboxylic acid groups (broad SMARTS) is 1. The minimum absolute atomic E-state index is 0.0669. The van der Waals surface area contributed by atoms with Gasteiger partial charge in [-0.15, -0.1) is 0 Å². The van der Waals surface area contributed by atoms with E-state index in [1.54, 1.807) is 24.7 Å². The zero-order valence-electron chi connectivity index (χ0n) is 11.4. The number of hydrogen-bond acceptors (Lipinski definition) is 5. The van der Waals surface area contributed by atoms with E-state index >= 15 is 0 Å². The molecule has 0 aliphatic heterocycles. The van der Waals surface area contributed by atoms with Crippen molar-refractivity contribution in [2.75, 3.05) is 0 Å². The fraction of sp³-hybridized carbons (Fsp3) is 0. The Balaban J connectivity index is 1.96. The summed E-state index contributed by atoms with van der Waals surface area (Å²) >= 11 is 3.31. The lowest BCUT2D eigenvalue weighted by atomic mass is 10.2. The Bertz CT molecular complexity index is 917. The Morgan fingerprint density at radius 3 is 2.78 bits per heavy atom. The lowest BCUT2D eigenvalue weighted by Crippen LogP contribution is -2.17. The summed E-state index contributed by atoms with van der Waals surface area (Å²) in [5.74, 6) is 0.374. The summed E-state index contributed by atoms with van der Waals surface area (Å²) in [5.41, 5.74) is 0.793. The molecule has 0 amide bonds. The van der Waals surface area contributed by atoms with Crippen LogP contribution in [-0.4, -0.2) is 31.0 Å². The second kappa shape index (κ2) is 6.05. The maximum absolute atomic E-state index is 12.5. The van der Waals surface area contributed by atoms with Gasteiger partial charge < -0.3 is 9.84 Å². The number of rotatable bonds is 3. The Morgan fingerprint density at radius 1 is 1.30 bits per heavy atom. The average Bonchev–Trinajstić information content (AvgIpc) is 2.89. The van der Waals surface area contributed by atoms with Gasteiger partial charge >= 0.3 is 6.16 Å². The second-order valence-corrected chi connectivity index (χ2v) is 5.36. The SMILES string of the molecule is O=C(O)Oc1ccc(-n2[nH]cc(-c3cncc(Br)c3)c2=O)nc1. The molecule has 9 heteroatoms. The van der Waals surface area contributed by atoms with E-state index in [2.05, 4.69) is 35.7 Å². The number of H-pyrrole nitrogens is 1. The number of pyridine rings is 2. The predicted octanol–water partition coefficient (Wildman–Crippen LogP) is 2.44. The molecule has 0 fully saturated rings. The fourth-order valence-corrected chi connectivity index (χ4v) is 2.34. The third kappa shape index (κ3) is 3.14. The van der Waals surface area contributed by atoms with Gasteiger partial charge in [0.25, 0.3) is 5.56 Å². The maximum Gasteiger partial charge on any atom is 0.511 e. The quantitative estimate of drug-likeness (QED) is 0.679. The van der Waals surface area contributed by atoms with Gasteiger partial charge in [0.05, 0.1) is 11.8 Å². The van der Waals surface area contributed by atoms with Crippen LogP contribution in [0, 0.1) is 0 Å². The lowest BCUT2D eigenvalue weighted by Gasteiger charge is -2.02. The molecule has 0 aromatic carbocycles. The van der Waals surface area contributed by atoms with Crippen LogP contribution in [0.15, 0.2) is 52.3 Å². The summed E-state index contributed by atoms with van der Waals surface area (Å²) in [4.78, 5) is 30.9. The zero-order chi connectivity index (χ0) is 16.4. The van der Waals surface area contributed by atoms with E-state index in [4.69, 9.17) is 5.11 Å². The Hall–Kier alpha value is -2.94. The van der Waals surface area contributed by atoms with Crippen LogP contribution >= 0.6 is 15.9 Å². The van der Waals surface area contributed by atoms with Crippen molar-refractivity contribution in [2.24, 2.45) is 0 Å². The van der Waals surface area contributed by atoms with Gasteiger partial charge in [0.1, 0.15) is 0 Å². The highest BCUT2D eigenvalue weighted by atomic mass is 79.9. The summed E-state index contributed by atoms with van der Waals surface area (Å²) in [6.07, 6.45) is 4.54. The zero-order valence-corrected chi connectivity index (χ0v) is 13.0. The van der Waals surface area contributed by atoms with E-state index in [0.29, 0.717) is 16.9 Å². The molecule has 23 heavy (non-hydrogen) atoms. The van der Waals surface area contributed by atoms with Gasteiger partial charge in [-0.2, -0.15) is 0 Å². The third-order valence-electron chi connectivity index (χ3n) is 2.94. The molecule has 0 aliphatic rings. The van der Waals surface area contributed by atoms with Crippen LogP contribution in [0.2, 0.25) is 0 Å². The second-order valence-electron chi connectivity index (χ2n) is 4.44. The summed E-state index contributed by atoms with van der Waals surface area (Å²) in [6, 6.07) is 4.66. The topological polar surface area (TPSA) is 110 Å². The molecule has 0 saturated carbocycles. The minimum atomic E-state index is -1.43. The molecule has 0 radical (unpaired) electrons. The van der Waals surface area contributed by atoms with Crippen molar-refractivity contribution in [3.8, 4) is 22.7 Å². The Kier molecular flexibility index (Phi) is 3.94. The van der Waals surface area contributed by atoms with Gasteiger partial charge in [-0.3, -0.25) is 14.9 Å². The van der Waals surface area contributed by atoms with Crippen LogP contribution < -0.4 is 10.3 Å². The monoisotopic (exact) mass is 376 g/mol. The van der Waals surface area contributed by atoms with Crippen LogP contribution in [0.5, 0.6) is 5.75 Å². The number of nitrogens with one attached hydrogen (secondary N) is 1. The van der Waals surface area contributed by atoms with Crippen LogP contribution in [-0.2, 0) is 0 Å². The molecule has 3 rings (SSSR count). The van der Waals surface area contributed by atoms with E-state index in [9.17, 15) is 9.59 Å². The standard InChI is InChI=1S/C14H9BrN4O4/c15-9-3-8(4-16-5-9)11-7-18-19(13(11)20)12-2-1-10(6-17-12)23-14(21)22/h1-7,18H,(H,21,22). The molecule has 0 atom stereocenters.